The molecular formula is C20H24O5. The predicted molar refractivity (Wildman–Crippen MR) is 87.5 cm³/mol. The summed E-state index contributed by atoms with van der Waals surface area (Å²) in [5.41, 5.74) is -0.732. The number of cyclic esters (lactones) is 1. The molecule has 1 aromatic rings. The van der Waals surface area contributed by atoms with Crippen LogP contribution >= 0.6 is 0 Å². The first-order valence-electron chi connectivity index (χ1n) is 9.28. The van der Waals surface area contributed by atoms with E-state index in [4.69, 9.17) is 13.9 Å². The Bertz CT molecular complexity index is 754. The number of rotatable bonds is 1. The number of hydrogen-bond acceptors (Lipinski definition) is 5. The van der Waals surface area contributed by atoms with Crippen molar-refractivity contribution in [3.8, 4) is 0 Å². The molecule has 0 bridgehead atoms. The van der Waals surface area contributed by atoms with Crippen molar-refractivity contribution in [1.82, 2.24) is 0 Å². The molecule has 3 heterocycles. The van der Waals surface area contributed by atoms with Gasteiger partial charge in [-0.1, -0.05) is 6.92 Å². The topological polar surface area (TPSA) is 69.0 Å². The van der Waals surface area contributed by atoms with Crippen molar-refractivity contribution >= 4 is 11.8 Å². The van der Waals surface area contributed by atoms with E-state index in [1.165, 1.54) is 0 Å². The zero-order valence-electron chi connectivity index (χ0n) is 14.9. The minimum atomic E-state index is -0.607. The van der Waals surface area contributed by atoms with E-state index in [2.05, 4.69) is 6.92 Å². The number of carbonyl (C=O) groups excluding carboxylic acids is 2. The first kappa shape index (κ1) is 15.6. The number of ketones is 1. The Hall–Kier alpha value is -1.62. The second-order valence-electron chi connectivity index (χ2n) is 8.77. The summed E-state index contributed by atoms with van der Waals surface area (Å²) in [6, 6.07) is 1.86. The van der Waals surface area contributed by atoms with Crippen LogP contribution in [-0.2, 0) is 19.1 Å². The van der Waals surface area contributed by atoms with Crippen LogP contribution in [-0.4, -0.2) is 23.5 Å². The van der Waals surface area contributed by atoms with Crippen LogP contribution < -0.4 is 0 Å². The van der Waals surface area contributed by atoms with Gasteiger partial charge < -0.3 is 13.9 Å². The Balaban J connectivity index is 1.60. The second-order valence-corrected chi connectivity index (χ2v) is 8.77. The SMILES string of the molecule is C[C@H]1CC(=O)[C@]2(C)[C@@H](CC[C@@H]3O[C@@]32C)[C@]12C[C@H](c1ccoc1)OC2=O. The minimum Gasteiger partial charge on any atom is -0.472 e. The monoisotopic (exact) mass is 344 g/mol. The summed E-state index contributed by atoms with van der Waals surface area (Å²) in [5, 5.41) is 0. The Labute approximate surface area is 147 Å². The van der Waals surface area contributed by atoms with Crippen LogP contribution in [0.15, 0.2) is 23.0 Å². The van der Waals surface area contributed by atoms with Crippen molar-refractivity contribution in [2.45, 2.75) is 64.3 Å². The van der Waals surface area contributed by atoms with Crippen molar-refractivity contribution in [2.75, 3.05) is 0 Å². The van der Waals surface area contributed by atoms with Crippen LogP contribution in [0.4, 0.5) is 0 Å². The smallest absolute Gasteiger partial charge is 0.313 e. The lowest BCUT2D eigenvalue weighted by Gasteiger charge is -2.55. The summed E-state index contributed by atoms with van der Waals surface area (Å²) in [6.45, 7) is 6.13. The standard InChI is InChI=1S/C20H24O5/c1-11-8-15(21)18(2)14(4-5-16-19(18,3)25-16)20(11)9-13(24-17(20)22)12-6-7-23-10-12/h6-7,10-11,13-14,16H,4-5,8-9H2,1-3H3/t11-,13+,14+,16-,18-,19-,20-/m0/s1. The third-order valence-corrected chi connectivity index (χ3v) is 8.03. The molecule has 7 atom stereocenters. The number of furan rings is 1. The molecule has 0 N–H and O–H groups in total. The van der Waals surface area contributed by atoms with Gasteiger partial charge in [0.2, 0.25) is 0 Å². The van der Waals surface area contributed by atoms with Gasteiger partial charge in [-0.2, -0.15) is 0 Å². The Morgan fingerprint density at radius 1 is 1.20 bits per heavy atom. The summed E-state index contributed by atoms with van der Waals surface area (Å²) in [4.78, 5) is 26.3. The lowest BCUT2D eigenvalue weighted by molar-refractivity contribution is -0.173. The summed E-state index contributed by atoms with van der Waals surface area (Å²) in [5.74, 6) is 0.0725. The largest absolute Gasteiger partial charge is 0.472 e. The summed E-state index contributed by atoms with van der Waals surface area (Å²) < 4.78 is 17.0. The molecule has 1 aromatic heterocycles. The van der Waals surface area contributed by atoms with Crippen LogP contribution in [0, 0.1) is 22.7 Å². The minimum absolute atomic E-state index is 0.0126. The second kappa shape index (κ2) is 4.56. The van der Waals surface area contributed by atoms with E-state index in [9.17, 15) is 9.59 Å². The third-order valence-electron chi connectivity index (χ3n) is 8.03. The highest BCUT2D eigenvalue weighted by molar-refractivity contribution is 5.92. The lowest BCUT2D eigenvalue weighted by atomic mass is 9.44. The van der Waals surface area contributed by atoms with Crippen LogP contribution in [0.2, 0.25) is 0 Å². The van der Waals surface area contributed by atoms with Gasteiger partial charge in [0.1, 0.15) is 17.5 Å². The van der Waals surface area contributed by atoms with Crippen LogP contribution in [0.3, 0.4) is 0 Å². The van der Waals surface area contributed by atoms with Crippen molar-refractivity contribution in [3.63, 3.8) is 0 Å². The van der Waals surface area contributed by atoms with Gasteiger partial charge in [-0.3, -0.25) is 9.59 Å². The molecule has 4 aliphatic rings. The number of epoxide rings is 1. The first-order valence-corrected chi connectivity index (χ1v) is 9.28. The predicted octanol–water partition coefficient (Wildman–Crippen LogP) is 3.44. The molecule has 0 radical (unpaired) electrons. The molecule has 0 unspecified atom stereocenters. The van der Waals surface area contributed by atoms with E-state index in [1.54, 1.807) is 12.5 Å². The number of ether oxygens (including phenoxy) is 2. The Morgan fingerprint density at radius 2 is 2.00 bits per heavy atom. The maximum atomic E-state index is 13.2. The molecule has 4 fully saturated rings. The van der Waals surface area contributed by atoms with Gasteiger partial charge in [0, 0.05) is 18.4 Å². The first-order chi connectivity index (χ1) is 11.8. The van der Waals surface area contributed by atoms with Gasteiger partial charge in [-0.05, 0) is 44.6 Å². The van der Waals surface area contributed by atoms with Crippen molar-refractivity contribution in [1.29, 1.82) is 0 Å². The molecule has 2 aliphatic carbocycles. The van der Waals surface area contributed by atoms with Crippen LogP contribution in [0.1, 0.15) is 58.1 Å². The average Bonchev–Trinajstić information content (AvgIpc) is 2.93. The fraction of sp³-hybridized carbons (Fsp3) is 0.700. The van der Waals surface area contributed by atoms with E-state index in [0.717, 1.165) is 18.4 Å². The quantitative estimate of drug-likeness (QED) is 0.577. The highest BCUT2D eigenvalue weighted by Gasteiger charge is 2.78. The summed E-state index contributed by atoms with van der Waals surface area (Å²) >= 11 is 0. The molecule has 0 aromatic carbocycles. The summed E-state index contributed by atoms with van der Waals surface area (Å²) in [7, 11) is 0. The van der Waals surface area contributed by atoms with Crippen molar-refractivity contribution in [2.24, 2.45) is 22.7 Å². The maximum Gasteiger partial charge on any atom is 0.313 e. The molecule has 2 saturated heterocycles. The molecule has 5 heteroatoms. The third kappa shape index (κ3) is 1.64. The number of Topliss-reactive ketones (excluding diaryl/α,β-unsaturated/α-hetero) is 1. The van der Waals surface area contributed by atoms with Gasteiger partial charge in [0.15, 0.2) is 0 Å². The van der Waals surface area contributed by atoms with Crippen molar-refractivity contribution < 1.29 is 23.5 Å². The van der Waals surface area contributed by atoms with E-state index in [0.29, 0.717) is 12.8 Å². The number of hydrogen-bond donors (Lipinski definition) is 0. The molecular weight excluding hydrogens is 320 g/mol. The fourth-order valence-electron chi connectivity index (χ4n) is 6.27. The highest BCUT2D eigenvalue weighted by atomic mass is 16.6. The van der Waals surface area contributed by atoms with Gasteiger partial charge in [0.05, 0.1) is 29.5 Å². The Morgan fingerprint density at radius 3 is 2.72 bits per heavy atom. The van der Waals surface area contributed by atoms with E-state index in [-0.39, 0.29) is 35.8 Å². The average molecular weight is 344 g/mol. The van der Waals surface area contributed by atoms with Crippen LogP contribution in [0.5, 0.6) is 0 Å². The zero-order valence-corrected chi connectivity index (χ0v) is 14.9. The fourth-order valence-corrected chi connectivity index (χ4v) is 6.27. The van der Waals surface area contributed by atoms with E-state index >= 15 is 0 Å². The Kier molecular flexibility index (Phi) is 2.85. The lowest BCUT2D eigenvalue weighted by Crippen LogP contribution is -2.63. The van der Waals surface area contributed by atoms with Gasteiger partial charge in [0.25, 0.3) is 0 Å². The van der Waals surface area contributed by atoms with Gasteiger partial charge >= 0.3 is 5.97 Å². The van der Waals surface area contributed by atoms with E-state index < -0.39 is 16.4 Å². The van der Waals surface area contributed by atoms with E-state index in [1.807, 2.05) is 19.9 Å². The maximum absolute atomic E-state index is 13.2. The molecule has 25 heavy (non-hydrogen) atoms. The van der Waals surface area contributed by atoms with Gasteiger partial charge in [-0.15, -0.1) is 0 Å². The molecule has 134 valence electrons. The van der Waals surface area contributed by atoms with Gasteiger partial charge in [-0.25, -0.2) is 0 Å². The number of carbonyl (C=O) groups is 2. The molecule has 1 spiro atoms. The molecule has 2 aliphatic heterocycles. The van der Waals surface area contributed by atoms with Crippen LogP contribution in [0.25, 0.3) is 0 Å². The number of esters is 1. The molecule has 5 rings (SSSR count). The zero-order chi connectivity index (χ0) is 17.6. The molecule has 2 saturated carbocycles. The molecule has 0 amide bonds. The highest BCUT2D eigenvalue weighted by Crippen LogP contribution is 2.71. The van der Waals surface area contributed by atoms with Crippen molar-refractivity contribution in [3.05, 3.63) is 24.2 Å². The molecule has 5 nitrogen and oxygen atoms in total. The summed E-state index contributed by atoms with van der Waals surface area (Å²) in [6.07, 6.45) is 5.95. The normalized spacial score (nSPS) is 51.2. The number of fused-ring (bicyclic) bond motifs is 4.